The van der Waals surface area contributed by atoms with Crippen LogP contribution in [0.5, 0.6) is 0 Å². The Morgan fingerprint density at radius 2 is 1.71 bits per heavy atom. The fourth-order valence-electron chi connectivity index (χ4n) is 3.92. The summed E-state index contributed by atoms with van der Waals surface area (Å²) in [5.74, 6) is -2.27. The average Bonchev–Trinajstić information content (AvgIpc) is 3.18. The summed E-state index contributed by atoms with van der Waals surface area (Å²) in [6, 6.07) is 10.2. The van der Waals surface area contributed by atoms with E-state index in [1.54, 1.807) is 51.1 Å². The van der Waals surface area contributed by atoms with Crippen LogP contribution < -0.4 is 5.32 Å². The third kappa shape index (κ3) is 6.30. The van der Waals surface area contributed by atoms with E-state index in [1.807, 2.05) is 0 Å². The lowest BCUT2D eigenvalue weighted by Crippen LogP contribution is -2.39. The fraction of sp³-hybridized carbons (Fsp3) is 0.280. The van der Waals surface area contributed by atoms with Gasteiger partial charge in [-0.25, -0.2) is 34.6 Å². The van der Waals surface area contributed by atoms with E-state index in [1.165, 1.54) is 12.3 Å². The van der Waals surface area contributed by atoms with Crippen LogP contribution in [0.4, 0.5) is 14.5 Å². The van der Waals surface area contributed by atoms with Crippen molar-refractivity contribution in [3.05, 3.63) is 78.3 Å². The highest BCUT2D eigenvalue weighted by molar-refractivity contribution is 8.13. The number of anilines is 1. The lowest BCUT2D eigenvalue weighted by molar-refractivity contribution is 0.359. The first kappa shape index (κ1) is 27.9. The zero-order valence-electron chi connectivity index (χ0n) is 20.7. The van der Waals surface area contributed by atoms with Gasteiger partial charge in [0, 0.05) is 33.9 Å². The maximum absolute atomic E-state index is 14.8. The van der Waals surface area contributed by atoms with Crippen molar-refractivity contribution in [1.82, 2.24) is 13.9 Å². The predicted octanol–water partition coefficient (Wildman–Crippen LogP) is 5.15. The number of nitrogens with zero attached hydrogens (tertiary/aromatic N) is 3. The van der Waals surface area contributed by atoms with E-state index >= 15 is 0 Å². The van der Waals surface area contributed by atoms with E-state index in [4.69, 9.17) is 10.7 Å². The van der Waals surface area contributed by atoms with E-state index in [0.717, 1.165) is 22.4 Å². The van der Waals surface area contributed by atoms with Crippen molar-refractivity contribution in [3.63, 3.8) is 0 Å². The first-order valence-electron chi connectivity index (χ1n) is 11.4. The molecule has 13 heteroatoms. The van der Waals surface area contributed by atoms with E-state index in [0.29, 0.717) is 5.56 Å². The number of pyridine rings is 2. The van der Waals surface area contributed by atoms with E-state index in [2.05, 4.69) is 15.3 Å². The molecule has 0 radical (unpaired) electrons. The molecule has 0 spiro atoms. The molecule has 4 rings (SSSR count). The number of nitrogens with one attached hydrogen (secondary N) is 1. The summed E-state index contributed by atoms with van der Waals surface area (Å²) in [7, 11) is -2.43. The van der Waals surface area contributed by atoms with Gasteiger partial charge < -0.3 is 5.32 Å². The summed E-state index contributed by atoms with van der Waals surface area (Å²) in [6.45, 7) is 5.31. The molecule has 0 aliphatic rings. The van der Waals surface area contributed by atoms with Crippen LogP contribution in [0.25, 0.3) is 22.3 Å². The van der Waals surface area contributed by atoms with Crippen LogP contribution in [-0.2, 0) is 24.8 Å². The van der Waals surface area contributed by atoms with Gasteiger partial charge in [-0.3, -0.25) is 4.98 Å². The number of hydrogen-bond donors (Lipinski definition) is 1. The molecule has 38 heavy (non-hydrogen) atoms. The van der Waals surface area contributed by atoms with Crippen molar-refractivity contribution < 1.29 is 25.6 Å². The minimum atomic E-state index is -3.98. The smallest absolute Gasteiger partial charge is 0.244 e. The molecular formula is C25H25ClF2N4O4S2. The Morgan fingerprint density at radius 1 is 1.03 bits per heavy atom. The summed E-state index contributed by atoms with van der Waals surface area (Å²) in [5.41, 5.74) is 0.149. The number of benzene rings is 1. The van der Waals surface area contributed by atoms with Crippen molar-refractivity contribution in [1.29, 1.82) is 0 Å². The number of hydrogen-bond acceptors (Lipinski definition) is 7. The lowest BCUT2D eigenvalue weighted by Gasteiger charge is -2.31. The molecule has 202 valence electrons. The van der Waals surface area contributed by atoms with E-state index < -0.39 is 47.9 Å². The number of fused-ring (bicyclic) bond motifs is 1. The van der Waals surface area contributed by atoms with E-state index in [9.17, 15) is 25.6 Å². The molecule has 3 aromatic heterocycles. The number of rotatable bonds is 8. The molecule has 0 aliphatic heterocycles. The van der Waals surface area contributed by atoms with Crippen LogP contribution in [0.1, 0.15) is 26.3 Å². The van der Waals surface area contributed by atoms with Gasteiger partial charge in [0.25, 0.3) is 0 Å². The van der Waals surface area contributed by atoms with Crippen LogP contribution in [0.15, 0.2) is 61.1 Å². The van der Waals surface area contributed by atoms with Crippen molar-refractivity contribution in [2.75, 3.05) is 11.1 Å². The van der Waals surface area contributed by atoms with Crippen LogP contribution in [-0.4, -0.2) is 42.6 Å². The highest BCUT2D eigenvalue weighted by Crippen LogP contribution is 2.34. The second kappa shape index (κ2) is 10.2. The lowest BCUT2D eigenvalue weighted by atomic mass is 9.87. The molecule has 1 atom stereocenters. The summed E-state index contributed by atoms with van der Waals surface area (Å²) < 4.78 is 80.2. The second-order valence-corrected chi connectivity index (χ2v) is 14.6. The number of halogens is 3. The topological polar surface area (TPSA) is 111 Å². The Kier molecular flexibility index (Phi) is 7.52. The van der Waals surface area contributed by atoms with Gasteiger partial charge in [-0.15, -0.1) is 0 Å². The van der Waals surface area contributed by atoms with Crippen molar-refractivity contribution in [3.8, 4) is 11.3 Å². The summed E-state index contributed by atoms with van der Waals surface area (Å²) in [6.07, 6.45) is 3.09. The van der Waals surface area contributed by atoms with Crippen molar-refractivity contribution in [2.24, 2.45) is 5.41 Å². The SMILES string of the molecule is CC(C)(C)[C@@H](CS(=O)(=O)Cl)Nc1cc(-c2cn(S(=O)(=O)Cc3ccccc3)c3ncc(F)cc23)ncc1F. The molecule has 0 unspecified atom stereocenters. The molecule has 1 N–H and O–H groups in total. The molecule has 0 bridgehead atoms. The molecule has 8 nitrogen and oxygen atoms in total. The Hall–Kier alpha value is -3.09. The first-order valence-corrected chi connectivity index (χ1v) is 15.5. The molecule has 0 amide bonds. The largest absolute Gasteiger partial charge is 0.378 e. The monoisotopic (exact) mass is 582 g/mol. The number of aromatic nitrogens is 3. The normalized spacial score (nSPS) is 13.5. The zero-order valence-corrected chi connectivity index (χ0v) is 23.1. The minimum absolute atomic E-state index is 0.0150. The van der Waals surface area contributed by atoms with Crippen molar-refractivity contribution >= 4 is 46.5 Å². The molecule has 0 saturated carbocycles. The maximum Gasteiger partial charge on any atom is 0.244 e. The van der Waals surface area contributed by atoms with Crippen LogP contribution >= 0.6 is 10.7 Å². The predicted molar refractivity (Wildman–Crippen MR) is 144 cm³/mol. The highest BCUT2D eigenvalue weighted by atomic mass is 35.7. The second-order valence-electron chi connectivity index (χ2n) is 9.92. The minimum Gasteiger partial charge on any atom is -0.378 e. The quantitative estimate of drug-likeness (QED) is 0.286. The molecule has 3 heterocycles. The average molecular weight is 583 g/mol. The molecule has 0 aliphatic carbocycles. The van der Waals surface area contributed by atoms with Crippen LogP contribution in [0.2, 0.25) is 0 Å². The first-order chi connectivity index (χ1) is 17.6. The van der Waals surface area contributed by atoms with Gasteiger partial charge in [0.15, 0.2) is 11.5 Å². The van der Waals surface area contributed by atoms with Gasteiger partial charge in [0.05, 0.1) is 35.3 Å². The van der Waals surface area contributed by atoms with Gasteiger partial charge in [-0.2, -0.15) is 0 Å². The Bertz CT molecular complexity index is 1700. The van der Waals surface area contributed by atoms with E-state index in [-0.39, 0.29) is 33.7 Å². The third-order valence-electron chi connectivity index (χ3n) is 5.94. The highest BCUT2D eigenvalue weighted by Gasteiger charge is 2.30. The van der Waals surface area contributed by atoms with Gasteiger partial charge in [0.1, 0.15) is 5.82 Å². The molecular weight excluding hydrogens is 558 g/mol. The van der Waals surface area contributed by atoms with Gasteiger partial charge in [-0.05, 0) is 23.1 Å². The van der Waals surface area contributed by atoms with Crippen LogP contribution in [0, 0.1) is 17.0 Å². The van der Waals surface area contributed by atoms with Gasteiger partial charge >= 0.3 is 0 Å². The zero-order chi connectivity index (χ0) is 27.9. The summed E-state index contributed by atoms with van der Waals surface area (Å²) in [5, 5.41) is 3.04. The Labute approximate surface area is 224 Å². The molecule has 0 fully saturated rings. The molecule has 4 aromatic rings. The maximum atomic E-state index is 14.8. The van der Waals surface area contributed by atoms with Gasteiger partial charge in [0.2, 0.25) is 19.1 Å². The van der Waals surface area contributed by atoms with Crippen molar-refractivity contribution in [2.45, 2.75) is 32.6 Å². The standard InChI is InChI=1S/C25H25ClF2N4O4S2/c1-25(2,3)23(15-37(26,33)34)31-22-10-21(29-12-20(22)28)19-13-32(24-18(19)9-17(27)11-30-24)38(35,36)14-16-7-5-4-6-8-16/h4-13,23H,14-15H2,1-3H3,(H,29,31)/t23-/m1/s1. The van der Waals surface area contributed by atoms with Gasteiger partial charge in [-0.1, -0.05) is 51.1 Å². The third-order valence-corrected chi connectivity index (χ3v) is 8.63. The van der Waals surface area contributed by atoms with Crippen LogP contribution in [0.3, 0.4) is 0 Å². The summed E-state index contributed by atoms with van der Waals surface area (Å²) in [4.78, 5) is 8.10. The Balaban J connectivity index is 1.82. The molecule has 1 aromatic carbocycles. The Morgan fingerprint density at radius 3 is 2.34 bits per heavy atom. The molecule has 0 saturated heterocycles. The fourth-order valence-corrected chi connectivity index (χ4v) is 6.70. The summed E-state index contributed by atoms with van der Waals surface area (Å²) >= 11 is 0.